The Morgan fingerprint density at radius 3 is 2.68 bits per heavy atom. The van der Waals surface area contributed by atoms with Crippen molar-refractivity contribution in [1.82, 2.24) is 0 Å². The smallest absolute Gasteiger partial charge is 0.128 e. The molecule has 0 aliphatic heterocycles. The van der Waals surface area contributed by atoms with E-state index in [1.54, 1.807) is 13.0 Å². The van der Waals surface area contributed by atoms with Gasteiger partial charge in [-0.3, -0.25) is 0 Å². The number of hydrogen-bond donors (Lipinski definition) is 1. The number of benzene rings is 2. The third-order valence-electron chi connectivity index (χ3n) is 3.01. The summed E-state index contributed by atoms with van der Waals surface area (Å²) in [4.78, 5) is 0. The standard InChI is InChI=1S/C16H18FNO/c1-3-19-16-10-5-4-7-13(16)11-18-15-9-6-8-14(17)12(15)2/h4-10,18H,3,11H2,1-2H3. The van der Waals surface area contributed by atoms with E-state index in [-0.39, 0.29) is 5.82 Å². The topological polar surface area (TPSA) is 21.3 Å². The Morgan fingerprint density at radius 2 is 1.89 bits per heavy atom. The summed E-state index contributed by atoms with van der Waals surface area (Å²) in [6.45, 7) is 4.98. The average Bonchev–Trinajstić information content (AvgIpc) is 2.42. The van der Waals surface area contributed by atoms with Crippen LogP contribution in [0.15, 0.2) is 42.5 Å². The van der Waals surface area contributed by atoms with Crippen molar-refractivity contribution >= 4 is 5.69 Å². The van der Waals surface area contributed by atoms with E-state index < -0.39 is 0 Å². The molecule has 100 valence electrons. The fourth-order valence-electron chi connectivity index (χ4n) is 1.94. The SMILES string of the molecule is CCOc1ccccc1CNc1cccc(F)c1C. The van der Waals surface area contributed by atoms with Gasteiger partial charge in [0.05, 0.1) is 6.61 Å². The molecule has 2 aromatic rings. The Labute approximate surface area is 113 Å². The highest BCUT2D eigenvalue weighted by molar-refractivity contribution is 5.52. The zero-order chi connectivity index (χ0) is 13.7. The van der Waals surface area contributed by atoms with E-state index in [2.05, 4.69) is 5.32 Å². The molecule has 0 saturated heterocycles. The van der Waals surface area contributed by atoms with Gasteiger partial charge in [0.2, 0.25) is 0 Å². The van der Waals surface area contributed by atoms with Crippen LogP contribution in [0.3, 0.4) is 0 Å². The Hall–Kier alpha value is -2.03. The molecule has 0 unspecified atom stereocenters. The molecule has 0 radical (unpaired) electrons. The molecule has 0 heterocycles. The van der Waals surface area contributed by atoms with E-state index in [9.17, 15) is 4.39 Å². The quantitative estimate of drug-likeness (QED) is 0.871. The molecule has 0 bridgehead atoms. The Bertz CT molecular complexity index is 554. The highest BCUT2D eigenvalue weighted by atomic mass is 19.1. The molecular formula is C16H18FNO. The normalized spacial score (nSPS) is 10.3. The fraction of sp³-hybridized carbons (Fsp3) is 0.250. The Balaban J connectivity index is 2.12. The summed E-state index contributed by atoms with van der Waals surface area (Å²) in [5.74, 6) is 0.676. The molecule has 0 spiro atoms. The number of halogens is 1. The van der Waals surface area contributed by atoms with Crippen molar-refractivity contribution in [3.63, 3.8) is 0 Å². The minimum atomic E-state index is -0.192. The van der Waals surface area contributed by atoms with Gasteiger partial charge in [-0.05, 0) is 32.0 Å². The van der Waals surface area contributed by atoms with Gasteiger partial charge in [0, 0.05) is 23.4 Å². The first kappa shape index (κ1) is 13.4. The lowest BCUT2D eigenvalue weighted by molar-refractivity contribution is 0.337. The third kappa shape index (κ3) is 3.25. The largest absolute Gasteiger partial charge is 0.494 e. The number of nitrogens with one attached hydrogen (secondary N) is 1. The summed E-state index contributed by atoms with van der Waals surface area (Å²) in [5.41, 5.74) is 2.51. The van der Waals surface area contributed by atoms with Gasteiger partial charge < -0.3 is 10.1 Å². The van der Waals surface area contributed by atoms with Crippen LogP contribution < -0.4 is 10.1 Å². The van der Waals surface area contributed by atoms with Gasteiger partial charge in [0.1, 0.15) is 11.6 Å². The van der Waals surface area contributed by atoms with Gasteiger partial charge in [0.25, 0.3) is 0 Å². The Kier molecular flexibility index (Phi) is 4.39. The van der Waals surface area contributed by atoms with Crippen LogP contribution in [0.1, 0.15) is 18.1 Å². The zero-order valence-electron chi connectivity index (χ0n) is 11.2. The molecule has 0 aliphatic carbocycles. The molecule has 2 nitrogen and oxygen atoms in total. The highest BCUT2D eigenvalue weighted by Crippen LogP contribution is 2.22. The van der Waals surface area contributed by atoms with Crippen molar-refractivity contribution < 1.29 is 9.13 Å². The van der Waals surface area contributed by atoms with Crippen LogP contribution in [-0.4, -0.2) is 6.61 Å². The van der Waals surface area contributed by atoms with Gasteiger partial charge in [0.15, 0.2) is 0 Å². The van der Waals surface area contributed by atoms with Crippen LogP contribution in [0.25, 0.3) is 0 Å². The zero-order valence-corrected chi connectivity index (χ0v) is 11.2. The second-order valence-electron chi connectivity index (χ2n) is 4.31. The predicted molar refractivity (Wildman–Crippen MR) is 76.1 cm³/mol. The summed E-state index contributed by atoms with van der Waals surface area (Å²) < 4.78 is 19.0. The van der Waals surface area contributed by atoms with Gasteiger partial charge in [-0.1, -0.05) is 24.3 Å². The molecule has 0 saturated carbocycles. The maximum absolute atomic E-state index is 13.4. The highest BCUT2D eigenvalue weighted by Gasteiger charge is 2.05. The predicted octanol–water partition coefficient (Wildman–Crippen LogP) is 4.14. The number of ether oxygens (including phenoxy) is 1. The molecule has 0 aliphatic rings. The molecule has 0 aromatic heterocycles. The molecular weight excluding hydrogens is 241 g/mol. The summed E-state index contributed by atoms with van der Waals surface area (Å²) in [6.07, 6.45) is 0. The van der Waals surface area contributed by atoms with E-state index in [0.29, 0.717) is 18.7 Å². The van der Waals surface area contributed by atoms with E-state index in [0.717, 1.165) is 17.0 Å². The maximum Gasteiger partial charge on any atom is 0.128 e. The molecule has 3 heteroatoms. The van der Waals surface area contributed by atoms with Crippen LogP contribution in [-0.2, 0) is 6.54 Å². The van der Waals surface area contributed by atoms with E-state index in [1.165, 1.54) is 6.07 Å². The number of para-hydroxylation sites is 1. The van der Waals surface area contributed by atoms with Crippen molar-refractivity contribution in [2.45, 2.75) is 20.4 Å². The summed E-state index contributed by atoms with van der Waals surface area (Å²) >= 11 is 0. The van der Waals surface area contributed by atoms with Crippen molar-refractivity contribution in [2.24, 2.45) is 0 Å². The summed E-state index contributed by atoms with van der Waals surface area (Å²) in [5, 5.41) is 3.25. The second kappa shape index (κ2) is 6.23. The minimum Gasteiger partial charge on any atom is -0.494 e. The Morgan fingerprint density at radius 1 is 1.11 bits per heavy atom. The van der Waals surface area contributed by atoms with Crippen LogP contribution in [0.2, 0.25) is 0 Å². The summed E-state index contributed by atoms with van der Waals surface area (Å²) in [7, 11) is 0. The molecule has 2 aromatic carbocycles. The minimum absolute atomic E-state index is 0.192. The van der Waals surface area contributed by atoms with Gasteiger partial charge in [-0.2, -0.15) is 0 Å². The molecule has 2 rings (SSSR count). The van der Waals surface area contributed by atoms with Gasteiger partial charge in [-0.25, -0.2) is 4.39 Å². The fourth-order valence-corrected chi connectivity index (χ4v) is 1.94. The van der Waals surface area contributed by atoms with E-state index >= 15 is 0 Å². The van der Waals surface area contributed by atoms with E-state index in [1.807, 2.05) is 37.3 Å². The molecule has 0 atom stereocenters. The number of hydrogen-bond acceptors (Lipinski definition) is 2. The average molecular weight is 259 g/mol. The lowest BCUT2D eigenvalue weighted by Crippen LogP contribution is -2.04. The van der Waals surface area contributed by atoms with Crippen molar-refractivity contribution in [3.05, 3.63) is 59.4 Å². The molecule has 0 amide bonds. The first-order valence-electron chi connectivity index (χ1n) is 6.42. The molecule has 19 heavy (non-hydrogen) atoms. The number of anilines is 1. The van der Waals surface area contributed by atoms with Crippen LogP contribution in [0, 0.1) is 12.7 Å². The maximum atomic E-state index is 13.4. The molecule has 1 N–H and O–H groups in total. The second-order valence-corrected chi connectivity index (χ2v) is 4.31. The van der Waals surface area contributed by atoms with Crippen LogP contribution >= 0.6 is 0 Å². The first-order valence-corrected chi connectivity index (χ1v) is 6.42. The van der Waals surface area contributed by atoms with Crippen molar-refractivity contribution in [1.29, 1.82) is 0 Å². The van der Waals surface area contributed by atoms with E-state index in [4.69, 9.17) is 4.74 Å². The van der Waals surface area contributed by atoms with Crippen LogP contribution in [0.5, 0.6) is 5.75 Å². The van der Waals surface area contributed by atoms with Crippen LogP contribution in [0.4, 0.5) is 10.1 Å². The monoisotopic (exact) mass is 259 g/mol. The van der Waals surface area contributed by atoms with Gasteiger partial charge in [-0.15, -0.1) is 0 Å². The molecule has 0 fully saturated rings. The first-order chi connectivity index (χ1) is 9.22. The lowest BCUT2D eigenvalue weighted by atomic mass is 10.1. The van der Waals surface area contributed by atoms with Crippen molar-refractivity contribution in [3.8, 4) is 5.75 Å². The third-order valence-corrected chi connectivity index (χ3v) is 3.01. The van der Waals surface area contributed by atoms with Crippen molar-refractivity contribution in [2.75, 3.05) is 11.9 Å². The van der Waals surface area contributed by atoms with Gasteiger partial charge >= 0.3 is 0 Å². The number of rotatable bonds is 5. The summed E-state index contributed by atoms with van der Waals surface area (Å²) in [6, 6.07) is 12.9. The lowest BCUT2D eigenvalue weighted by Gasteiger charge is -2.13.